The van der Waals surface area contributed by atoms with E-state index in [1.807, 2.05) is 6.92 Å². The fraction of sp³-hybridized carbons (Fsp3) is 0.632. The van der Waals surface area contributed by atoms with Gasteiger partial charge in [-0.3, -0.25) is 4.79 Å². The summed E-state index contributed by atoms with van der Waals surface area (Å²) in [5, 5.41) is 3.06. The van der Waals surface area contributed by atoms with Crippen LogP contribution < -0.4 is 11.1 Å². The van der Waals surface area contributed by atoms with Gasteiger partial charge in [-0.05, 0) is 37.0 Å². The Morgan fingerprint density at radius 1 is 1.25 bits per heavy atom. The third-order valence-corrected chi connectivity index (χ3v) is 7.61. The van der Waals surface area contributed by atoms with Gasteiger partial charge in [-0.1, -0.05) is 25.8 Å². The average molecular weight is 432 g/mol. The molecule has 158 valence electrons. The van der Waals surface area contributed by atoms with Crippen LogP contribution in [0.25, 0.3) is 0 Å². The van der Waals surface area contributed by atoms with E-state index in [9.17, 15) is 13.2 Å². The Morgan fingerprint density at radius 2 is 1.89 bits per heavy atom. The summed E-state index contributed by atoms with van der Waals surface area (Å²) in [7, 11) is -3.66. The highest BCUT2D eigenvalue weighted by Gasteiger charge is 2.35. The van der Waals surface area contributed by atoms with E-state index in [4.69, 9.17) is 10.5 Å². The third kappa shape index (κ3) is 4.68. The van der Waals surface area contributed by atoms with Crippen LogP contribution in [0.2, 0.25) is 0 Å². The number of ether oxygens (including phenoxy) is 1. The molecule has 3 rings (SSSR count). The van der Waals surface area contributed by atoms with Gasteiger partial charge in [0.15, 0.2) is 0 Å². The van der Waals surface area contributed by atoms with Gasteiger partial charge in [0.05, 0.1) is 23.6 Å². The van der Waals surface area contributed by atoms with Gasteiger partial charge in [0.1, 0.15) is 0 Å². The maximum atomic E-state index is 13.1. The number of aryl methyl sites for hydroxylation is 1. The zero-order valence-electron chi connectivity index (χ0n) is 16.3. The van der Waals surface area contributed by atoms with Crippen LogP contribution in [0.5, 0.6) is 0 Å². The molecule has 2 fully saturated rings. The topological polar surface area (TPSA) is 102 Å². The molecule has 1 aromatic rings. The van der Waals surface area contributed by atoms with Crippen molar-refractivity contribution < 1.29 is 17.9 Å². The molecule has 1 aromatic carbocycles. The summed E-state index contributed by atoms with van der Waals surface area (Å²) >= 11 is 0. The fourth-order valence-electron chi connectivity index (χ4n) is 3.90. The highest BCUT2D eigenvalue weighted by Crippen LogP contribution is 2.29. The molecule has 0 bridgehead atoms. The lowest BCUT2D eigenvalue weighted by molar-refractivity contribution is 0.0730. The fourth-order valence-corrected chi connectivity index (χ4v) is 5.63. The van der Waals surface area contributed by atoms with Gasteiger partial charge in [0.25, 0.3) is 5.91 Å². The molecular formula is C19H30ClN3O4S. The van der Waals surface area contributed by atoms with Crippen LogP contribution in [-0.4, -0.2) is 57.0 Å². The predicted molar refractivity (Wildman–Crippen MR) is 110 cm³/mol. The first-order valence-electron chi connectivity index (χ1n) is 9.65. The number of carbonyl (C=O) groups excluding carboxylic acids is 1. The molecule has 1 amide bonds. The molecule has 2 aliphatic rings. The van der Waals surface area contributed by atoms with Gasteiger partial charge in [-0.25, -0.2) is 8.42 Å². The molecule has 9 heteroatoms. The molecule has 0 atom stereocenters. The largest absolute Gasteiger partial charge is 0.379 e. The van der Waals surface area contributed by atoms with E-state index in [0.717, 1.165) is 25.7 Å². The maximum Gasteiger partial charge on any atom is 0.251 e. The van der Waals surface area contributed by atoms with Crippen molar-refractivity contribution in [3.8, 4) is 0 Å². The number of rotatable bonds is 6. The second kappa shape index (κ2) is 9.54. The number of carbonyl (C=O) groups is 1. The number of sulfonamides is 1. The van der Waals surface area contributed by atoms with Crippen molar-refractivity contribution in [1.82, 2.24) is 9.62 Å². The van der Waals surface area contributed by atoms with Crippen molar-refractivity contribution in [3.05, 3.63) is 29.3 Å². The Hall–Kier alpha value is -1.19. The summed E-state index contributed by atoms with van der Waals surface area (Å²) < 4.78 is 32.9. The van der Waals surface area contributed by atoms with Crippen molar-refractivity contribution in [1.29, 1.82) is 0 Å². The normalized spacial score (nSPS) is 19.8. The summed E-state index contributed by atoms with van der Waals surface area (Å²) in [4.78, 5) is 13.0. The second-order valence-electron chi connectivity index (χ2n) is 7.34. The Morgan fingerprint density at radius 3 is 2.46 bits per heavy atom. The summed E-state index contributed by atoms with van der Waals surface area (Å²) in [5.41, 5.74) is 6.61. The van der Waals surface area contributed by atoms with Crippen LogP contribution in [-0.2, 0) is 21.2 Å². The van der Waals surface area contributed by atoms with Crippen LogP contribution in [0.3, 0.4) is 0 Å². The quantitative estimate of drug-likeness (QED) is 0.713. The summed E-state index contributed by atoms with van der Waals surface area (Å²) in [6.45, 7) is 3.75. The minimum Gasteiger partial charge on any atom is -0.379 e. The monoisotopic (exact) mass is 431 g/mol. The van der Waals surface area contributed by atoms with Gasteiger partial charge in [0.2, 0.25) is 10.0 Å². The van der Waals surface area contributed by atoms with Crippen LogP contribution in [0, 0.1) is 0 Å². The second-order valence-corrected chi connectivity index (χ2v) is 9.24. The first kappa shape index (κ1) is 23.1. The van der Waals surface area contributed by atoms with E-state index in [1.165, 1.54) is 10.4 Å². The molecule has 1 saturated carbocycles. The number of amides is 1. The first-order valence-corrected chi connectivity index (χ1v) is 11.1. The molecule has 1 aliphatic carbocycles. The molecule has 7 nitrogen and oxygen atoms in total. The van der Waals surface area contributed by atoms with Crippen LogP contribution in [0.4, 0.5) is 0 Å². The number of hydrogen-bond acceptors (Lipinski definition) is 5. The first-order chi connectivity index (χ1) is 12.9. The zero-order chi connectivity index (χ0) is 19.5. The van der Waals surface area contributed by atoms with E-state index < -0.39 is 10.0 Å². The molecular weight excluding hydrogens is 402 g/mol. The van der Waals surface area contributed by atoms with Crippen molar-refractivity contribution >= 4 is 28.3 Å². The lowest BCUT2D eigenvalue weighted by Crippen LogP contribution is -2.51. The molecule has 1 aliphatic heterocycles. The van der Waals surface area contributed by atoms with Gasteiger partial charge in [0, 0.05) is 25.2 Å². The molecule has 0 spiro atoms. The van der Waals surface area contributed by atoms with Gasteiger partial charge >= 0.3 is 0 Å². The van der Waals surface area contributed by atoms with Crippen molar-refractivity contribution in [2.45, 2.75) is 49.5 Å². The molecule has 3 N–H and O–H groups in total. The van der Waals surface area contributed by atoms with Crippen LogP contribution >= 0.6 is 12.4 Å². The van der Waals surface area contributed by atoms with Crippen molar-refractivity contribution in [3.63, 3.8) is 0 Å². The van der Waals surface area contributed by atoms with E-state index >= 15 is 0 Å². The number of nitrogens with one attached hydrogen (secondary N) is 1. The Bertz CT molecular complexity index is 788. The maximum absolute atomic E-state index is 13.1. The summed E-state index contributed by atoms with van der Waals surface area (Å²) in [6, 6.07) is 4.95. The standard InChI is InChI=1S/C19H29N3O4S.ClH/c1-2-15-5-6-16(18(23)21-19(14-20)7-3-4-8-19)13-17(15)27(24,25)22-9-11-26-12-10-22;/h5-6,13H,2-4,7-12,14,20H2,1H3,(H,21,23);1H. The predicted octanol–water partition coefficient (Wildman–Crippen LogP) is 1.69. The van der Waals surface area contributed by atoms with Crippen molar-refractivity contribution in [2.24, 2.45) is 5.73 Å². The minimum atomic E-state index is -3.66. The van der Waals surface area contributed by atoms with E-state index in [1.54, 1.807) is 12.1 Å². The minimum absolute atomic E-state index is 0. The van der Waals surface area contributed by atoms with E-state index in [-0.39, 0.29) is 28.7 Å². The average Bonchev–Trinajstić information content (AvgIpc) is 3.17. The molecule has 1 heterocycles. The Kier molecular flexibility index (Phi) is 7.87. The number of halogens is 1. The van der Waals surface area contributed by atoms with Crippen LogP contribution in [0.1, 0.15) is 48.5 Å². The number of nitrogens with two attached hydrogens (primary N) is 1. The molecule has 0 radical (unpaired) electrons. The number of hydrogen-bond donors (Lipinski definition) is 2. The molecule has 28 heavy (non-hydrogen) atoms. The highest BCUT2D eigenvalue weighted by molar-refractivity contribution is 7.89. The van der Waals surface area contributed by atoms with E-state index in [0.29, 0.717) is 50.4 Å². The zero-order valence-corrected chi connectivity index (χ0v) is 17.9. The third-order valence-electron chi connectivity index (χ3n) is 5.63. The van der Waals surface area contributed by atoms with Crippen molar-refractivity contribution in [2.75, 3.05) is 32.8 Å². The molecule has 1 saturated heterocycles. The Balaban J connectivity index is 0.00000280. The highest BCUT2D eigenvalue weighted by atomic mass is 35.5. The smallest absolute Gasteiger partial charge is 0.251 e. The summed E-state index contributed by atoms with van der Waals surface area (Å²) in [5.74, 6) is -0.261. The summed E-state index contributed by atoms with van der Waals surface area (Å²) in [6.07, 6.45) is 4.39. The number of morpholine rings is 1. The van der Waals surface area contributed by atoms with Gasteiger partial charge < -0.3 is 15.8 Å². The molecule has 0 aromatic heterocycles. The Labute approximate surface area is 173 Å². The number of nitrogens with zero attached hydrogens (tertiary/aromatic N) is 1. The number of benzene rings is 1. The van der Waals surface area contributed by atoms with E-state index in [2.05, 4.69) is 5.32 Å². The van der Waals surface area contributed by atoms with Gasteiger partial charge in [-0.15, -0.1) is 12.4 Å². The lowest BCUT2D eigenvalue weighted by atomic mass is 9.97. The van der Waals surface area contributed by atoms with Crippen LogP contribution in [0.15, 0.2) is 23.1 Å². The molecule has 0 unspecified atom stereocenters. The van der Waals surface area contributed by atoms with Gasteiger partial charge in [-0.2, -0.15) is 4.31 Å². The SMILES string of the molecule is CCc1ccc(C(=O)NC2(CN)CCCC2)cc1S(=O)(=O)N1CCOCC1.Cl. The lowest BCUT2D eigenvalue weighted by Gasteiger charge is -2.29.